The Balaban J connectivity index is 2.33. The fourth-order valence-corrected chi connectivity index (χ4v) is 2.63. The van der Waals surface area contributed by atoms with Crippen molar-refractivity contribution in [2.45, 2.75) is 30.7 Å². The third kappa shape index (κ3) is 4.72. The van der Waals surface area contributed by atoms with Crippen molar-refractivity contribution >= 4 is 12.0 Å². The molecule has 1 fully saturated rings. The third-order valence-electron chi connectivity index (χ3n) is 4.18. The zero-order valence-corrected chi connectivity index (χ0v) is 15.6. The van der Waals surface area contributed by atoms with E-state index in [2.05, 4.69) is 4.74 Å². The first-order valence-electron chi connectivity index (χ1n) is 8.35. The third-order valence-corrected chi connectivity index (χ3v) is 4.18. The number of methoxy groups -OCH3 is 3. The molecule has 2 rings (SSSR count). The molecular weight excluding hydrogens is 376 g/mol. The van der Waals surface area contributed by atoms with Crippen LogP contribution in [-0.2, 0) is 14.3 Å². The van der Waals surface area contributed by atoms with Gasteiger partial charge in [-0.05, 0) is 23.8 Å². The molecular formula is C18H24O10. The molecule has 4 N–H and O–H groups in total. The second-order valence-electron chi connectivity index (χ2n) is 5.93. The Morgan fingerprint density at radius 2 is 1.68 bits per heavy atom. The lowest BCUT2D eigenvalue weighted by Gasteiger charge is -2.39. The van der Waals surface area contributed by atoms with Crippen molar-refractivity contribution in [3.05, 3.63) is 23.8 Å². The van der Waals surface area contributed by atoms with Gasteiger partial charge in [0.1, 0.15) is 24.4 Å². The van der Waals surface area contributed by atoms with E-state index in [4.69, 9.17) is 18.9 Å². The molecule has 0 aromatic heterocycles. The Morgan fingerprint density at radius 1 is 1.07 bits per heavy atom. The van der Waals surface area contributed by atoms with Crippen LogP contribution in [0, 0.1) is 0 Å². The van der Waals surface area contributed by atoms with Crippen LogP contribution < -0.4 is 14.2 Å². The molecule has 0 spiro atoms. The number of aliphatic hydroxyl groups is 4. The second-order valence-corrected chi connectivity index (χ2v) is 5.93. The summed E-state index contributed by atoms with van der Waals surface area (Å²) in [5, 5.41) is 39.2. The van der Waals surface area contributed by atoms with Crippen LogP contribution in [0.15, 0.2) is 18.2 Å². The zero-order chi connectivity index (χ0) is 20.8. The minimum absolute atomic E-state index is 0.0598. The van der Waals surface area contributed by atoms with Crippen LogP contribution in [0.25, 0.3) is 6.08 Å². The summed E-state index contributed by atoms with van der Waals surface area (Å²) in [7, 11) is 4.01. The van der Waals surface area contributed by atoms with Crippen LogP contribution in [0.5, 0.6) is 17.2 Å². The lowest BCUT2D eigenvalue weighted by molar-refractivity contribution is -0.277. The van der Waals surface area contributed by atoms with Gasteiger partial charge >= 0.3 is 5.97 Å². The maximum absolute atomic E-state index is 11.3. The van der Waals surface area contributed by atoms with Gasteiger partial charge in [0.05, 0.1) is 27.9 Å². The summed E-state index contributed by atoms with van der Waals surface area (Å²) < 4.78 is 26.1. The Kier molecular flexibility index (Phi) is 7.61. The summed E-state index contributed by atoms with van der Waals surface area (Å²) in [5.41, 5.74) is 0.542. The zero-order valence-electron chi connectivity index (χ0n) is 15.6. The van der Waals surface area contributed by atoms with E-state index in [1.165, 1.54) is 33.5 Å². The van der Waals surface area contributed by atoms with Crippen molar-refractivity contribution in [2.75, 3.05) is 27.9 Å². The fraction of sp³-hybridized carbons (Fsp3) is 0.500. The molecule has 1 heterocycles. The van der Waals surface area contributed by atoms with Crippen molar-refractivity contribution in [3.8, 4) is 17.2 Å². The number of benzene rings is 1. The van der Waals surface area contributed by atoms with Crippen molar-refractivity contribution < 1.29 is 48.9 Å². The van der Waals surface area contributed by atoms with Gasteiger partial charge in [0.2, 0.25) is 12.0 Å². The molecule has 1 aromatic carbocycles. The first-order chi connectivity index (χ1) is 13.4. The van der Waals surface area contributed by atoms with E-state index < -0.39 is 43.3 Å². The molecule has 1 aliphatic rings. The van der Waals surface area contributed by atoms with E-state index in [-0.39, 0.29) is 17.2 Å². The van der Waals surface area contributed by atoms with Crippen molar-refractivity contribution in [2.24, 2.45) is 0 Å². The Morgan fingerprint density at radius 3 is 2.18 bits per heavy atom. The monoisotopic (exact) mass is 400 g/mol. The van der Waals surface area contributed by atoms with Gasteiger partial charge in [-0.1, -0.05) is 0 Å². The lowest BCUT2D eigenvalue weighted by Crippen LogP contribution is -2.60. The highest BCUT2D eigenvalue weighted by Gasteiger charge is 2.45. The molecule has 1 aliphatic heterocycles. The van der Waals surface area contributed by atoms with Crippen molar-refractivity contribution in [3.63, 3.8) is 0 Å². The number of aliphatic hydroxyl groups excluding tert-OH is 4. The molecule has 0 aliphatic carbocycles. The first kappa shape index (κ1) is 21.9. The number of hydrogen-bond donors (Lipinski definition) is 4. The van der Waals surface area contributed by atoms with Crippen LogP contribution in [0.2, 0.25) is 0 Å². The number of ether oxygens (including phenoxy) is 5. The van der Waals surface area contributed by atoms with Gasteiger partial charge in [0, 0.05) is 6.08 Å². The second kappa shape index (κ2) is 9.71. The normalized spacial score (nSPS) is 27.5. The maximum atomic E-state index is 11.3. The largest absolute Gasteiger partial charge is 0.493 e. The van der Waals surface area contributed by atoms with Gasteiger partial charge < -0.3 is 44.1 Å². The summed E-state index contributed by atoms with van der Waals surface area (Å²) in [5.74, 6) is -0.0919. The summed E-state index contributed by atoms with van der Waals surface area (Å²) in [6, 6.07) is 3.09. The molecule has 5 atom stereocenters. The Hall–Kier alpha value is -2.37. The summed E-state index contributed by atoms with van der Waals surface area (Å²) >= 11 is 0. The van der Waals surface area contributed by atoms with E-state index in [0.717, 1.165) is 0 Å². The molecule has 10 nitrogen and oxygen atoms in total. The summed E-state index contributed by atoms with van der Waals surface area (Å²) in [6.07, 6.45) is -4.52. The molecule has 10 heteroatoms. The fourth-order valence-electron chi connectivity index (χ4n) is 2.63. The van der Waals surface area contributed by atoms with E-state index in [1.54, 1.807) is 12.1 Å². The van der Waals surface area contributed by atoms with Crippen LogP contribution in [0.3, 0.4) is 0 Å². The van der Waals surface area contributed by atoms with E-state index >= 15 is 0 Å². The maximum Gasteiger partial charge on any atom is 0.330 e. The van der Waals surface area contributed by atoms with Crippen LogP contribution in [0.1, 0.15) is 5.56 Å². The number of esters is 1. The van der Waals surface area contributed by atoms with Gasteiger partial charge in [0.15, 0.2) is 11.5 Å². The van der Waals surface area contributed by atoms with Gasteiger partial charge in [-0.25, -0.2) is 4.79 Å². The lowest BCUT2D eigenvalue weighted by atomic mass is 9.99. The van der Waals surface area contributed by atoms with Crippen molar-refractivity contribution in [1.29, 1.82) is 0 Å². The molecule has 28 heavy (non-hydrogen) atoms. The molecule has 0 bridgehead atoms. The summed E-state index contributed by atoms with van der Waals surface area (Å²) in [6.45, 7) is -0.587. The average Bonchev–Trinajstić information content (AvgIpc) is 2.72. The predicted molar refractivity (Wildman–Crippen MR) is 95.0 cm³/mol. The molecule has 0 radical (unpaired) electrons. The van der Waals surface area contributed by atoms with Gasteiger partial charge in [-0.15, -0.1) is 0 Å². The minimum Gasteiger partial charge on any atom is -0.493 e. The molecule has 1 aromatic rings. The predicted octanol–water partition coefficient (Wildman–Crippen LogP) is -0.931. The molecule has 1 saturated heterocycles. The number of carbonyl (C=O) groups excluding carboxylic acids is 1. The first-order valence-corrected chi connectivity index (χ1v) is 8.35. The van der Waals surface area contributed by atoms with E-state index in [9.17, 15) is 25.2 Å². The quantitative estimate of drug-likeness (QED) is 0.335. The highest BCUT2D eigenvalue weighted by atomic mass is 16.7. The van der Waals surface area contributed by atoms with Gasteiger partial charge in [-0.3, -0.25) is 0 Å². The Labute approximate surface area is 161 Å². The molecule has 156 valence electrons. The summed E-state index contributed by atoms with van der Waals surface area (Å²) in [4.78, 5) is 11.3. The van der Waals surface area contributed by atoms with Crippen LogP contribution in [0.4, 0.5) is 0 Å². The Bertz CT molecular complexity index is 677. The minimum atomic E-state index is -1.59. The van der Waals surface area contributed by atoms with E-state index in [0.29, 0.717) is 5.56 Å². The van der Waals surface area contributed by atoms with E-state index in [1.807, 2.05) is 0 Å². The van der Waals surface area contributed by atoms with Gasteiger partial charge in [0.25, 0.3) is 0 Å². The average molecular weight is 400 g/mol. The number of hydrogen-bond acceptors (Lipinski definition) is 10. The molecule has 0 unspecified atom stereocenters. The van der Waals surface area contributed by atoms with Crippen LogP contribution in [-0.4, -0.2) is 85.0 Å². The highest BCUT2D eigenvalue weighted by molar-refractivity contribution is 5.87. The molecule has 0 saturated carbocycles. The van der Waals surface area contributed by atoms with Crippen LogP contribution >= 0.6 is 0 Å². The smallest absolute Gasteiger partial charge is 0.330 e. The van der Waals surface area contributed by atoms with Crippen molar-refractivity contribution in [1.82, 2.24) is 0 Å². The molecule has 0 amide bonds. The SMILES string of the molecule is COC(=O)C=Cc1cc(OC)c(O[C@H]2O[C@H](CO)[C@@H](O)[C@H](O)[C@@H]2O)c(OC)c1. The standard InChI is InChI=1S/C18H24O10/c1-24-10-6-9(4-5-13(20)26-3)7-11(25-2)17(10)28-18-16(23)15(22)14(21)12(8-19)27-18/h4-7,12,14-16,18-19,21-23H,8H2,1-3H3/t12-,14-,15+,16+,18-/m1/s1. The topological polar surface area (TPSA) is 144 Å². The number of rotatable bonds is 7. The number of carbonyl (C=O) groups is 1. The van der Waals surface area contributed by atoms with Gasteiger partial charge in [-0.2, -0.15) is 0 Å². The highest BCUT2D eigenvalue weighted by Crippen LogP contribution is 2.40.